The smallest absolute Gasteiger partial charge is 0.308 e. The second-order valence-corrected chi connectivity index (χ2v) is 5.94. The van der Waals surface area contributed by atoms with Crippen LogP contribution in [0.5, 0.6) is 5.75 Å². The summed E-state index contributed by atoms with van der Waals surface area (Å²) in [5.74, 6) is -0.189. The molecule has 1 aliphatic rings. The van der Waals surface area contributed by atoms with E-state index >= 15 is 0 Å². The predicted molar refractivity (Wildman–Crippen MR) is 82.7 cm³/mol. The Hall–Kier alpha value is -2.04. The van der Waals surface area contributed by atoms with E-state index < -0.39 is 11.9 Å². The molecule has 5 nitrogen and oxygen atoms in total. The number of ether oxygens (including phenoxy) is 1. The highest BCUT2D eigenvalue weighted by atomic mass is 16.5. The van der Waals surface area contributed by atoms with Gasteiger partial charge in [-0.25, -0.2) is 0 Å². The molecular formula is C17H23NO4. The van der Waals surface area contributed by atoms with Crippen LogP contribution < -0.4 is 4.74 Å². The summed E-state index contributed by atoms with van der Waals surface area (Å²) < 4.78 is 5.56. The van der Waals surface area contributed by atoms with Crippen molar-refractivity contribution < 1.29 is 19.4 Å². The van der Waals surface area contributed by atoms with Gasteiger partial charge >= 0.3 is 5.97 Å². The van der Waals surface area contributed by atoms with Gasteiger partial charge in [-0.15, -0.1) is 0 Å². The first-order valence-corrected chi connectivity index (χ1v) is 7.74. The fraction of sp³-hybridized carbons (Fsp3) is 0.529. The Morgan fingerprint density at radius 3 is 2.68 bits per heavy atom. The van der Waals surface area contributed by atoms with Crippen molar-refractivity contribution in [2.24, 2.45) is 11.8 Å². The van der Waals surface area contributed by atoms with Crippen LogP contribution in [0.4, 0.5) is 0 Å². The number of carbonyl (C=O) groups is 2. The van der Waals surface area contributed by atoms with Crippen LogP contribution in [0.25, 0.3) is 0 Å². The van der Waals surface area contributed by atoms with Crippen LogP contribution >= 0.6 is 0 Å². The molecule has 2 atom stereocenters. The van der Waals surface area contributed by atoms with E-state index in [0.717, 1.165) is 5.75 Å². The summed E-state index contributed by atoms with van der Waals surface area (Å²) in [4.78, 5) is 25.0. The quantitative estimate of drug-likeness (QED) is 0.820. The van der Waals surface area contributed by atoms with Gasteiger partial charge < -0.3 is 14.7 Å². The molecule has 0 saturated carbocycles. The van der Waals surface area contributed by atoms with Gasteiger partial charge in [0.15, 0.2) is 0 Å². The number of carbonyl (C=O) groups excluding carboxylic acids is 1. The Labute approximate surface area is 130 Å². The molecule has 1 saturated heterocycles. The van der Waals surface area contributed by atoms with Gasteiger partial charge in [0, 0.05) is 19.5 Å². The zero-order valence-corrected chi connectivity index (χ0v) is 12.9. The maximum Gasteiger partial charge on any atom is 0.308 e. The van der Waals surface area contributed by atoms with E-state index in [1.807, 2.05) is 37.3 Å². The highest BCUT2D eigenvalue weighted by molar-refractivity contribution is 5.78. The first-order valence-electron chi connectivity index (χ1n) is 7.74. The fourth-order valence-corrected chi connectivity index (χ4v) is 2.82. The van der Waals surface area contributed by atoms with E-state index in [2.05, 4.69) is 0 Å². The van der Waals surface area contributed by atoms with E-state index in [1.165, 1.54) is 0 Å². The van der Waals surface area contributed by atoms with Gasteiger partial charge in [0.05, 0.1) is 12.5 Å². The van der Waals surface area contributed by atoms with Crippen LogP contribution in [0, 0.1) is 11.8 Å². The number of amides is 1. The lowest BCUT2D eigenvalue weighted by atomic mass is 9.90. The number of piperidine rings is 1. The third-order valence-corrected chi connectivity index (χ3v) is 3.91. The van der Waals surface area contributed by atoms with Crippen LogP contribution in [0.15, 0.2) is 30.3 Å². The van der Waals surface area contributed by atoms with Crippen molar-refractivity contribution >= 4 is 11.9 Å². The van der Waals surface area contributed by atoms with Crippen molar-refractivity contribution in [3.05, 3.63) is 30.3 Å². The number of nitrogens with zero attached hydrogens (tertiary/aromatic N) is 1. The fourth-order valence-electron chi connectivity index (χ4n) is 2.82. The Bertz CT molecular complexity index is 503. The van der Waals surface area contributed by atoms with Gasteiger partial charge in [-0.05, 0) is 30.9 Å². The first-order chi connectivity index (χ1) is 10.6. The molecule has 2 rings (SSSR count). The maximum absolute atomic E-state index is 12.2. The largest absolute Gasteiger partial charge is 0.494 e. The zero-order chi connectivity index (χ0) is 15.9. The van der Waals surface area contributed by atoms with Gasteiger partial charge in [0.1, 0.15) is 5.75 Å². The molecule has 5 heteroatoms. The van der Waals surface area contributed by atoms with Crippen LogP contribution in [0.2, 0.25) is 0 Å². The average Bonchev–Trinajstić information content (AvgIpc) is 2.51. The van der Waals surface area contributed by atoms with Crippen molar-refractivity contribution in [3.8, 4) is 5.75 Å². The van der Waals surface area contributed by atoms with Gasteiger partial charge in [0.25, 0.3) is 0 Å². The number of carboxylic acids is 1. The minimum atomic E-state index is -0.809. The molecule has 1 heterocycles. The molecule has 0 bridgehead atoms. The van der Waals surface area contributed by atoms with E-state index in [-0.39, 0.29) is 11.8 Å². The van der Waals surface area contributed by atoms with Crippen LogP contribution in [-0.2, 0) is 9.59 Å². The van der Waals surface area contributed by atoms with Crippen molar-refractivity contribution in [2.45, 2.75) is 26.2 Å². The molecule has 1 amide bonds. The third-order valence-electron chi connectivity index (χ3n) is 3.91. The summed E-state index contributed by atoms with van der Waals surface area (Å²) in [5, 5.41) is 9.14. The summed E-state index contributed by atoms with van der Waals surface area (Å²) in [7, 11) is 0. The number of hydrogen-bond acceptors (Lipinski definition) is 3. The lowest BCUT2D eigenvalue weighted by Gasteiger charge is -2.34. The summed E-state index contributed by atoms with van der Waals surface area (Å²) in [6.07, 6.45) is 1.68. The minimum Gasteiger partial charge on any atom is -0.494 e. The number of para-hydroxylation sites is 1. The first kappa shape index (κ1) is 16.3. The summed E-state index contributed by atoms with van der Waals surface area (Å²) >= 11 is 0. The number of benzene rings is 1. The Morgan fingerprint density at radius 2 is 2.00 bits per heavy atom. The van der Waals surface area contributed by atoms with E-state index in [9.17, 15) is 9.59 Å². The molecule has 0 aromatic heterocycles. The van der Waals surface area contributed by atoms with Crippen LogP contribution in [0.3, 0.4) is 0 Å². The number of aliphatic carboxylic acids is 1. The molecule has 0 spiro atoms. The Kier molecular flexibility index (Phi) is 5.81. The molecule has 2 unspecified atom stereocenters. The molecule has 1 aromatic rings. The maximum atomic E-state index is 12.2. The number of hydrogen-bond donors (Lipinski definition) is 1. The van der Waals surface area contributed by atoms with Gasteiger partial charge in [0.2, 0.25) is 5.91 Å². The predicted octanol–water partition coefficient (Wildman–Crippen LogP) is 2.41. The normalized spacial score (nSPS) is 21.4. The minimum absolute atomic E-state index is 0.0226. The van der Waals surface area contributed by atoms with Crippen molar-refractivity contribution in [1.29, 1.82) is 0 Å². The highest BCUT2D eigenvalue weighted by Crippen LogP contribution is 2.22. The van der Waals surface area contributed by atoms with Crippen LogP contribution in [-0.4, -0.2) is 41.6 Å². The molecule has 1 fully saturated rings. The standard InChI is InChI=1S/C17H23NO4/c1-13-10-14(17(20)21)12-18(11-13)16(19)8-5-9-22-15-6-3-2-4-7-15/h2-4,6-7,13-14H,5,8-12H2,1H3,(H,20,21). The monoisotopic (exact) mass is 305 g/mol. The van der Waals surface area contributed by atoms with Crippen LogP contribution in [0.1, 0.15) is 26.2 Å². The molecule has 22 heavy (non-hydrogen) atoms. The van der Waals surface area contributed by atoms with E-state index in [1.54, 1.807) is 4.90 Å². The van der Waals surface area contributed by atoms with Crippen molar-refractivity contribution in [1.82, 2.24) is 4.90 Å². The SMILES string of the molecule is CC1CC(C(=O)O)CN(C(=O)CCCOc2ccccc2)C1. The molecule has 0 aliphatic carbocycles. The van der Waals surface area contributed by atoms with Crippen molar-refractivity contribution in [2.75, 3.05) is 19.7 Å². The second kappa shape index (κ2) is 7.82. The summed E-state index contributed by atoms with van der Waals surface area (Å²) in [5.41, 5.74) is 0. The molecule has 1 aromatic carbocycles. The molecule has 1 aliphatic heterocycles. The zero-order valence-electron chi connectivity index (χ0n) is 12.9. The third kappa shape index (κ3) is 4.76. The average molecular weight is 305 g/mol. The van der Waals surface area contributed by atoms with Gasteiger partial charge in [-0.2, -0.15) is 0 Å². The highest BCUT2D eigenvalue weighted by Gasteiger charge is 2.31. The number of rotatable bonds is 6. The summed E-state index contributed by atoms with van der Waals surface area (Å²) in [6.45, 7) is 3.47. The molecular weight excluding hydrogens is 282 g/mol. The van der Waals surface area contributed by atoms with E-state index in [4.69, 9.17) is 9.84 Å². The lowest BCUT2D eigenvalue weighted by molar-refractivity contribution is -0.147. The Morgan fingerprint density at radius 1 is 1.27 bits per heavy atom. The van der Waals surface area contributed by atoms with Gasteiger partial charge in [-0.3, -0.25) is 9.59 Å². The van der Waals surface area contributed by atoms with Crippen molar-refractivity contribution in [3.63, 3.8) is 0 Å². The molecule has 120 valence electrons. The molecule has 1 N–H and O–H groups in total. The molecule has 0 radical (unpaired) electrons. The van der Waals surface area contributed by atoms with Gasteiger partial charge in [-0.1, -0.05) is 25.1 Å². The van der Waals surface area contributed by atoms with E-state index in [0.29, 0.717) is 39.0 Å². The lowest BCUT2D eigenvalue weighted by Crippen LogP contribution is -2.45. The number of carboxylic acid groups (broad SMARTS) is 1. The summed E-state index contributed by atoms with van der Waals surface area (Å²) in [6, 6.07) is 9.49. The number of likely N-dealkylation sites (tertiary alicyclic amines) is 1. The Balaban J connectivity index is 1.73. The topological polar surface area (TPSA) is 66.8 Å². The second-order valence-electron chi connectivity index (χ2n) is 5.94.